The first kappa shape index (κ1) is 19.0. The summed E-state index contributed by atoms with van der Waals surface area (Å²) in [5.74, 6) is 0.964. The Morgan fingerprint density at radius 3 is 2.53 bits per heavy atom. The molecule has 0 bridgehead atoms. The SMILES string of the molecule is CCCCN(C)CCNC(=NC)NC1CCCC1.I. The van der Waals surface area contributed by atoms with Crippen LogP contribution in [0.25, 0.3) is 0 Å². The van der Waals surface area contributed by atoms with Crippen LogP contribution < -0.4 is 10.6 Å². The van der Waals surface area contributed by atoms with Gasteiger partial charge in [0.15, 0.2) is 5.96 Å². The van der Waals surface area contributed by atoms with Crippen molar-refractivity contribution in [3.63, 3.8) is 0 Å². The Bertz CT molecular complexity index is 240. The predicted octanol–water partition coefficient (Wildman–Crippen LogP) is 2.44. The first-order valence-corrected chi connectivity index (χ1v) is 7.42. The van der Waals surface area contributed by atoms with Crippen LogP contribution in [0.5, 0.6) is 0 Å². The van der Waals surface area contributed by atoms with E-state index in [2.05, 4.69) is 34.5 Å². The second-order valence-corrected chi connectivity index (χ2v) is 5.28. The molecule has 0 aromatic carbocycles. The number of unbranched alkanes of at least 4 members (excludes halogenated alkanes) is 1. The number of aliphatic imine (C=N–C) groups is 1. The van der Waals surface area contributed by atoms with E-state index in [1.807, 2.05) is 7.05 Å². The Kier molecular flexibility index (Phi) is 11.7. The van der Waals surface area contributed by atoms with Crippen LogP contribution in [0, 0.1) is 0 Å². The Hall–Kier alpha value is -0.0400. The first-order valence-electron chi connectivity index (χ1n) is 7.42. The zero-order chi connectivity index (χ0) is 13.2. The molecule has 0 radical (unpaired) electrons. The van der Waals surface area contributed by atoms with Crippen LogP contribution in [0.15, 0.2) is 4.99 Å². The van der Waals surface area contributed by atoms with Crippen molar-refractivity contribution < 1.29 is 0 Å². The van der Waals surface area contributed by atoms with Crippen molar-refractivity contribution in [3.05, 3.63) is 0 Å². The van der Waals surface area contributed by atoms with Crippen LogP contribution >= 0.6 is 24.0 Å². The first-order chi connectivity index (χ1) is 8.76. The van der Waals surface area contributed by atoms with Crippen LogP contribution in [-0.4, -0.2) is 50.6 Å². The highest BCUT2D eigenvalue weighted by Crippen LogP contribution is 2.17. The van der Waals surface area contributed by atoms with Crippen molar-refractivity contribution in [2.75, 3.05) is 33.7 Å². The van der Waals surface area contributed by atoms with E-state index in [1.54, 1.807) is 0 Å². The minimum Gasteiger partial charge on any atom is -0.355 e. The van der Waals surface area contributed by atoms with E-state index in [4.69, 9.17) is 0 Å². The van der Waals surface area contributed by atoms with Gasteiger partial charge in [-0.3, -0.25) is 4.99 Å². The zero-order valence-electron chi connectivity index (χ0n) is 12.7. The fourth-order valence-electron chi connectivity index (χ4n) is 2.36. The maximum atomic E-state index is 4.29. The van der Waals surface area contributed by atoms with Gasteiger partial charge in [-0.15, -0.1) is 24.0 Å². The second-order valence-electron chi connectivity index (χ2n) is 5.28. The molecule has 19 heavy (non-hydrogen) atoms. The van der Waals surface area contributed by atoms with Crippen LogP contribution in [0.2, 0.25) is 0 Å². The molecule has 0 unspecified atom stereocenters. The van der Waals surface area contributed by atoms with Crippen molar-refractivity contribution in [2.24, 2.45) is 4.99 Å². The highest BCUT2D eigenvalue weighted by molar-refractivity contribution is 14.0. The third kappa shape index (κ3) is 8.68. The summed E-state index contributed by atoms with van der Waals surface area (Å²) in [5.41, 5.74) is 0. The van der Waals surface area contributed by atoms with E-state index in [1.165, 1.54) is 45.1 Å². The number of rotatable bonds is 7. The highest BCUT2D eigenvalue weighted by Gasteiger charge is 2.15. The summed E-state index contributed by atoms with van der Waals surface area (Å²) in [7, 11) is 4.04. The van der Waals surface area contributed by atoms with E-state index in [0.717, 1.165) is 19.0 Å². The molecule has 114 valence electrons. The number of hydrogen-bond acceptors (Lipinski definition) is 2. The summed E-state index contributed by atoms with van der Waals surface area (Å²) >= 11 is 0. The quantitative estimate of drug-likeness (QED) is 0.404. The summed E-state index contributed by atoms with van der Waals surface area (Å²) in [6.07, 6.45) is 7.84. The van der Waals surface area contributed by atoms with Gasteiger partial charge < -0.3 is 15.5 Å². The van der Waals surface area contributed by atoms with Crippen LogP contribution in [0.4, 0.5) is 0 Å². The molecule has 0 aliphatic heterocycles. The Morgan fingerprint density at radius 1 is 1.26 bits per heavy atom. The maximum Gasteiger partial charge on any atom is 0.191 e. The number of hydrogen-bond donors (Lipinski definition) is 2. The molecule has 2 N–H and O–H groups in total. The summed E-state index contributed by atoms with van der Waals surface area (Å²) < 4.78 is 0. The lowest BCUT2D eigenvalue weighted by atomic mass is 10.2. The van der Waals surface area contributed by atoms with Gasteiger partial charge in [-0.2, -0.15) is 0 Å². The van der Waals surface area contributed by atoms with Crippen LogP contribution in [0.3, 0.4) is 0 Å². The molecule has 0 aromatic heterocycles. The van der Waals surface area contributed by atoms with Gasteiger partial charge in [-0.25, -0.2) is 0 Å². The molecular weight excluding hydrogens is 351 g/mol. The summed E-state index contributed by atoms with van der Waals surface area (Å²) in [5, 5.41) is 6.90. The fourth-order valence-corrected chi connectivity index (χ4v) is 2.36. The standard InChI is InChI=1S/C14H30N4.HI/c1-4-5-11-18(3)12-10-16-14(15-2)17-13-8-6-7-9-13;/h13H,4-12H2,1-3H3,(H2,15,16,17);1H. The smallest absolute Gasteiger partial charge is 0.191 e. The number of halogens is 1. The molecule has 0 saturated heterocycles. The van der Waals surface area contributed by atoms with E-state index in [9.17, 15) is 0 Å². The molecule has 4 nitrogen and oxygen atoms in total. The second kappa shape index (κ2) is 11.8. The van der Waals surface area contributed by atoms with Gasteiger partial charge in [-0.1, -0.05) is 26.2 Å². The Labute approximate surface area is 135 Å². The number of nitrogens with zero attached hydrogens (tertiary/aromatic N) is 2. The molecule has 1 saturated carbocycles. The minimum atomic E-state index is 0. The molecule has 0 atom stereocenters. The maximum absolute atomic E-state index is 4.29. The number of guanidine groups is 1. The normalized spacial score (nSPS) is 16.5. The van der Waals surface area contributed by atoms with E-state index < -0.39 is 0 Å². The van der Waals surface area contributed by atoms with Gasteiger partial charge in [0, 0.05) is 26.2 Å². The van der Waals surface area contributed by atoms with Crippen molar-refractivity contribution in [3.8, 4) is 0 Å². The molecule has 0 spiro atoms. The number of likely N-dealkylation sites (N-methyl/N-ethyl adjacent to an activating group) is 1. The van der Waals surface area contributed by atoms with Gasteiger partial charge >= 0.3 is 0 Å². The molecule has 0 aromatic rings. The monoisotopic (exact) mass is 382 g/mol. The van der Waals surface area contributed by atoms with Gasteiger partial charge in [0.05, 0.1) is 0 Å². The lowest BCUT2D eigenvalue weighted by Crippen LogP contribution is -2.44. The largest absolute Gasteiger partial charge is 0.355 e. The van der Waals surface area contributed by atoms with E-state index in [0.29, 0.717) is 6.04 Å². The van der Waals surface area contributed by atoms with Crippen molar-refractivity contribution in [2.45, 2.75) is 51.5 Å². The Morgan fingerprint density at radius 2 is 1.95 bits per heavy atom. The average molecular weight is 382 g/mol. The molecule has 1 aliphatic carbocycles. The van der Waals surface area contributed by atoms with Gasteiger partial charge in [0.2, 0.25) is 0 Å². The van der Waals surface area contributed by atoms with Crippen LogP contribution in [-0.2, 0) is 0 Å². The minimum absolute atomic E-state index is 0. The van der Waals surface area contributed by atoms with E-state index >= 15 is 0 Å². The highest BCUT2D eigenvalue weighted by atomic mass is 127. The fraction of sp³-hybridized carbons (Fsp3) is 0.929. The predicted molar refractivity (Wildman–Crippen MR) is 94.6 cm³/mol. The molecule has 1 rings (SSSR count). The molecule has 1 fully saturated rings. The van der Waals surface area contributed by atoms with Gasteiger partial charge in [0.25, 0.3) is 0 Å². The zero-order valence-corrected chi connectivity index (χ0v) is 15.1. The average Bonchev–Trinajstić information content (AvgIpc) is 2.88. The van der Waals surface area contributed by atoms with Gasteiger partial charge in [-0.05, 0) is 32.9 Å². The summed E-state index contributed by atoms with van der Waals surface area (Å²) in [6.45, 7) is 5.46. The molecule has 1 aliphatic rings. The van der Waals surface area contributed by atoms with Crippen molar-refractivity contribution in [1.82, 2.24) is 15.5 Å². The van der Waals surface area contributed by atoms with E-state index in [-0.39, 0.29) is 24.0 Å². The summed E-state index contributed by atoms with van der Waals surface area (Å²) in [4.78, 5) is 6.66. The number of nitrogens with one attached hydrogen (secondary N) is 2. The van der Waals surface area contributed by atoms with Crippen LogP contribution in [0.1, 0.15) is 45.4 Å². The molecule has 0 amide bonds. The summed E-state index contributed by atoms with van der Waals surface area (Å²) in [6, 6.07) is 0.633. The van der Waals surface area contributed by atoms with Gasteiger partial charge in [0.1, 0.15) is 0 Å². The molecule has 0 heterocycles. The Balaban J connectivity index is 0.00000324. The van der Waals surface area contributed by atoms with Crippen molar-refractivity contribution >= 4 is 29.9 Å². The van der Waals surface area contributed by atoms with Crippen molar-refractivity contribution in [1.29, 1.82) is 0 Å². The molecule has 5 heteroatoms. The lowest BCUT2D eigenvalue weighted by molar-refractivity contribution is 0.332. The third-order valence-electron chi connectivity index (χ3n) is 3.60. The third-order valence-corrected chi connectivity index (χ3v) is 3.60. The molecular formula is C14H31IN4. The lowest BCUT2D eigenvalue weighted by Gasteiger charge is -2.19. The topological polar surface area (TPSA) is 39.7 Å².